The van der Waals surface area contributed by atoms with E-state index in [0.717, 1.165) is 11.1 Å². The molecule has 5 heteroatoms. The van der Waals surface area contributed by atoms with E-state index in [1.807, 2.05) is 36.5 Å². The Balaban J connectivity index is 2.07. The molecule has 0 saturated heterocycles. The molecule has 5 nitrogen and oxygen atoms in total. The number of hydrogen-bond donors (Lipinski definition) is 1. The van der Waals surface area contributed by atoms with Gasteiger partial charge in [0, 0.05) is 11.8 Å². The maximum atomic E-state index is 11.7. The Labute approximate surface area is 118 Å². The molecule has 0 aliphatic heterocycles. The van der Waals surface area contributed by atoms with Crippen LogP contribution in [0.25, 0.3) is 11.1 Å². The zero-order chi connectivity index (χ0) is 14.4. The Morgan fingerprint density at radius 1 is 1.35 bits per heavy atom. The van der Waals surface area contributed by atoms with Crippen molar-refractivity contribution in [2.24, 2.45) is 0 Å². The smallest absolute Gasteiger partial charge is 0.325 e. The molecule has 1 N–H and O–H groups in total. The average molecular weight is 273 g/mol. The van der Waals surface area contributed by atoms with Crippen LogP contribution >= 0.6 is 0 Å². The van der Waals surface area contributed by atoms with Crippen molar-refractivity contribution in [3.63, 3.8) is 0 Å². The van der Waals surface area contributed by atoms with Gasteiger partial charge in [0.25, 0.3) is 0 Å². The van der Waals surface area contributed by atoms with E-state index in [0.29, 0.717) is 13.2 Å². The second-order valence-corrected chi connectivity index (χ2v) is 4.41. The van der Waals surface area contributed by atoms with Gasteiger partial charge in [-0.05, 0) is 19.5 Å². The topological polar surface area (TPSA) is 56.2 Å². The molecule has 0 amide bonds. The molecular formula is C15H19N3O2. The lowest BCUT2D eigenvalue weighted by molar-refractivity contribution is -0.145. The molecule has 1 aromatic carbocycles. The van der Waals surface area contributed by atoms with Crippen molar-refractivity contribution in [3.8, 4) is 11.1 Å². The maximum Gasteiger partial charge on any atom is 0.325 e. The Bertz CT molecular complexity index is 551. The molecule has 106 valence electrons. The van der Waals surface area contributed by atoms with Crippen LogP contribution in [0, 0.1) is 0 Å². The molecule has 0 saturated carbocycles. The standard InChI is InChI=1S/C15H19N3O2/c1-3-20-15(19)14(16-2)11-18-10-13(9-17-18)12-7-5-4-6-8-12/h4-10,14,16H,3,11H2,1-2H3. The lowest BCUT2D eigenvalue weighted by atomic mass is 10.1. The predicted molar refractivity (Wildman–Crippen MR) is 77.1 cm³/mol. The van der Waals surface area contributed by atoms with Crippen LogP contribution in [0.1, 0.15) is 6.92 Å². The summed E-state index contributed by atoms with van der Waals surface area (Å²) in [4.78, 5) is 11.7. The van der Waals surface area contributed by atoms with Crippen LogP contribution in [0.15, 0.2) is 42.7 Å². The number of aromatic nitrogens is 2. The third kappa shape index (κ3) is 3.45. The van der Waals surface area contributed by atoms with E-state index < -0.39 is 6.04 Å². The minimum absolute atomic E-state index is 0.258. The third-order valence-corrected chi connectivity index (χ3v) is 3.03. The molecule has 2 aromatic rings. The van der Waals surface area contributed by atoms with Crippen LogP contribution < -0.4 is 5.32 Å². The summed E-state index contributed by atoms with van der Waals surface area (Å²) >= 11 is 0. The molecule has 0 fully saturated rings. The van der Waals surface area contributed by atoms with Crippen LogP contribution in [-0.2, 0) is 16.1 Å². The van der Waals surface area contributed by atoms with Crippen molar-refractivity contribution >= 4 is 5.97 Å². The summed E-state index contributed by atoms with van der Waals surface area (Å²) in [6.07, 6.45) is 3.73. The highest BCUT2D eigenvalue weighted by Gasteiger charge is 2.18. The summed E-state index contributed by atoms with van der Waals surface area (Å²) in [6.45, 7) is 2.62. The summed E-state index contributed by atoms with van der Waals surface area (Å²) < 4.78 is 6.77. The highest BCUT2D eigenvalue weighted by atomic mass is 16.5. The number of likely N-dealkylation sites (N-methyl/N-ethyl adjacent to an activating group) is 1. The van der Waals surface area contributed by atoms with Gasteiger partial charge in [-0.25, -0.2) is 0 Å². The molecule has 0 aliphatic carbocycles. The van der Waals surface area contributed by atoms with Crippen molar-refractivity contribution in [3.05, 3.63) is 42.7 Å². The van der Waals surface area contributed by atoms with E-state index in [4.69, 9.17) is 4.74 Å². The van der Waals surface area contributed by atoms with Crippen molar-refractivity contribution in [1.82, 2.24) is 15.1 Å². The van der Waals surface area contributed by atoms with Gasteiger partial charge in [0.2, 0.25) is 0 Å². The average Bonchev–Trinajstić information content (AvgIpc) is 2.94. The van der Waals surface area contributed by atoms with E-state index >= 15 is 0 Å². The summed E-state index contributed by atoms with van der Waals surface area (Å²) in [7, 11) is 1.74. The van der Waals surface area contributed by atoms with E-state index in [9.17, 15) is 4.79 Å². The van der Waals surface area contributed by atoms with Crippen molar-refractivity contribution < 1.29 is 9.53 Å². The van der Waals surface area contributed by atoms with Gasteiger partial charge in [-0.2, -0.15) is 5.10 Å². The number of carbonyl (C=O) groups is 1. The second-order valence-electron chi connectivity index (χ2n) is 4.41. The van der Waals surface area contributed by atoms with Gasteiger partial charge in [0.05, 0.1) is 19.3 Å². The van der Waals surface area contributed by atoms with E-state index in [1.165, 1.54) is 0 Å². The molecule has 1 unspecified atom stereocenters. The first-order chi connectivity index (χ1) is 9.74. The fourth-order valence-electron chi connectivity index (χ4n) is 1.96. The van der Waals surface area contributed by atoms with Crippen LogP contribution in [0.5, 0.6) is 0 Å². The summed E-state index contributed by atoms with van der Waals surface area (Å²) in [5, 5.41) is 7.24. The number of carbonyl (C=O) groups excluding carboxylic acids is 1. The highest BCUT2D eigenvalue weighted by molar-refractivity contribution is 5.75. The fraction of sp³-hybridized carbons (Fsp3) is 0.333. The third-order valence-electron chi connectivity index (χ3n) is 3.03. The zero-order valence-corrected chi connectivity index (χ0v) is 11.7. The number of ether oxygens (including phenoxy) is 1. The molecule has 2 rings (SSSR count). The first-order valence-electron chi connectivity index (χ1n) is 6.66. The van der Waals surface area contributed by atoms with E-state index in [-0.39, 0.29) is 5.97 Å². The Kier molecular flexibility index (Phi) is 4.90. The molecule has 0 radical (unpaired) electrons. The van der Waals surface area contributed by atoms with Gasteiger partial charge in [-0.1, -0.05) is 30.3 Å². The quantitative estimate of drug-likeness (QED) is 0.814. The fourth-order valence-corrected chi connectivity index (χ4v) is 1.96. The minimum atomic E-state index is -0.390. The van der Waals surface area contributed by atoms with Crippen LogP contribution in [0.2, 0.25) is 0 Å². The summed E-state index contributed by atoms with van der Waals surface area (Å²) in [5.74, 6) is -0.258. The molecule has 0 aliphatic rings. The first-order valence-corrected chi connectivity index (χ1v) is 6.66. The number of nitrogens with zero attached hydrogens (tertiary/aromatic N) is 2. The van der Waals surface area contributed by atoms with Crippen molar-refractivity contribution in [1.29, 1.82) is 0 Å². The monoisotopic (exact) mass is 273 g/mol. The molecule has 0 spiro atoms. The predicted octanol–water partition coefficient (Wildman–Crippen LogP) is 1.70. The number of nitrogens with one attached hydrogen (secondary N) is 1. The van der Waals surface area contributed by atoms with Crippen LogP contribution in [0.4, 0.5) is 0 Å². The summed E-state index contributed by atoms with van der Waals surface area (Å²) in [6, 6.07) is 9.62. The number of rotatable bonds is 6. The van der Waals surface area contributed by atoms with Gasteiger partial charge in [-0.3, -0.25) is 9.48 Å². The lowest BCUT2D eigenvalue weighted by Gasteiger charge is -2.14. The lowest BCUT2D eigenvalue weighted by Crippen LogP contribution is -2.39. The largest absolute Gasteiger partial charge is 0.465 e. The van der Waals surface area contributed by atoms with Gasteiger partial charge in [0.15, 0.2) is 0 Å². The van der Waals surface area contributed by atoms with Crippen LogP contribution in [-0.4, -0.2) is 35.4 Å². The minimum Gasteiger partial charge on any atom is -0.465 e. The second kappa shape index (κ2) is 6.86. The van der Waals surface area contributed by atoms with Gasteiger partial charge in [0.1, 0.15) is 6.04 Å². The van der Waals surface area contributed by atoms with Gasteiger partial charge >= 0.3 is 5.97 Å². The number of esters is 1. The maximum absolute atomic E-state index is 11.7. The number of benzene rings is 1. The molecule has 1 atom stereocenters. The van der Waals surface area contributed by atoms with Crippen molar-refractivity contribution in [2.75, 3.05) is 13.7 Å². The first kappa shape index (κ1) is 14.3. The normalized spacial score (nSPS) is 12.1. The molecule has 1 aromatic heterocycles. The van der Waals surface area contributed by atoms with Crippen LogP contribution in [0.3, 0.4) is 0 Å². The Morgan fingerprint density at radius 2 is 2.10 bits per heavy atom. The van der Waals surface area contributed by atoms with Crippen molar-refractivity contribution in [2.45, 2.75) is 19.5 Å². The number of hydrogen-bond acceptors (Lipinski definition) is 4. The SMILES string of the molecule is CCOC(=O)C(Cn1cc(-c2ccccc2)cn1)NC. The molecule has 1 heterocycles. The highest BCUT2D eigenvalue weighted by Crippen LogP contribution is 2.17. The molecular weight excluding hydrogens is 254 g/mol. The Morgan fingerprint density at radius 3 is 2.75 bits per heavy atom. The van der Waals surface area contributed by atoms with E-state index in [2.05, 4.69) is 10.4 Å². The van der Waals surface area contributed by atoms with E-state index in [1.54, 1.807) is 24.9 Å². The van der Waals surface area contributed by atoms with Gasteiger partial charge in [-0.15, -0.1) is 0 Å². The Hall–Kier alpha value is -2.14. The molecule has 20 heavy (non-hydrogen) atoms. The summed E-state index contributed by atoms with van der Waals surface area (Å²) in [5.41, 5.74) is 2.14. The zero-order valence-electron chi connectivity index (χ0n) is 11.7. The molecule has 0 bridgehead atoms. The van der Waals surface area contributed by atoms with Gasteiger partial charge < -0.3 is 10.1 Å².